The van der Waals surface area contributed by atoms with Gasteiger partial charge in [-0.3, -0.25) is 0 Å². The zero-order valence-corrected chi connectivity index (χ0v) is 4.52. The fraction of sp³-hybridized carbons (Fsp3) is 0.400. The van der Waals surface area contributed by atoms with Crippen LogP contribution in [-0.4, -0.2) is 6.15 Å². The second kappa shape index (κ2) is 8.93. The van der Waals surface area contributed by atoms with Crippen molar-refractivity contribution in [2.45, 2.75) is 13.8 Å². The van der Waals surface area contributed by atoms with E-state index in [-0.39, 0.29) is 7.58 Å². The summed E-state index contributed by atoms with van der Waals surface area (Å²) in [4.78, 5) is 16.2. The first-order valence-corrected chi connectivity index (χ1v) is 1.76. The SMILES string of the molecule is C=C(C)C.O=C=O.[2HH]. The fourth-order valence-electron chi connectivity index (χ4n) is 0. The monoisotopic (exact) mass is 103 g/mol. The van der Waals surface area contributed by atoms with Gasteiger partial charge in [-0.25, -0.2) is 0 Å². The molecule has 0 radical (unpaired) electrons. The Balaban J connectivity index is -0.0000000575. The quantitative estimate of drug-likeness (QED) is 0.432. The summed E-state index contributed by atoms with van der Waals surface area (Å²) in [5, 5.41) is 0. The molecule has 0 bridgehead atoms. The minimum Gasteiger partial charge on any atom is -0.186 e. The molecule has 7 heavy (non-hydrogen) atoms. The first-order valence-electron chi connectivity index (χ1n) is 1.76. The van der Waals surface area contributed by atoms with Crippen molar-refractivity contribution in [3.8, 4) is 0 Å². The van der Waals surface area contributed by atoms with Gasteiger partial charge in [-0.15, -0.1) is 6.58 Å². The molecule has 0 fully saturated rings. The van der Waals surface area contributed by atoms with Crippen LogP contribution >= 0.6 is 0 Å². The van der Waals surface area contributed by atoms with Crippen LogP contribution in [0, 0.1) is 0 Å². The van der Waals surface area contributed by atoms with Crippen molar-refractivity contribution < 1.29 is 11.0 Å². The van der Waals surface area contributed by atoms with Crippen molar-refractivity contribution in [2.75, 3.05) is 0 Å². The van der Waals surface area contributed by atoms with Crippen LogP contribution in [0.5, 0.6) is 0 Å². The molecule has 2 heteroatoms. The zero-order chi connectivity index (χ0) is 6.28. The average Bonchev–Trinajstić information content (AvgIpc) is 1.33. The lowest BCUT2D eigenvalue weighted by Crippen LogP contribution is -1.43. The predicted molar refractivity (Wildman–Crippen MR) is 27.6 cm³/mol. The molecule has 0 aliphatic carbocycles. The van der Waals surface area contributed by atoms with Crippen LogP contribution in [0.25, 0.3) is 0 Å². The van der Waals surface area contributed by atoms with E-state index in [9.17, 15) is 0 Å². The Morgan fingerprint density at radius 2 is 1.57 bits per heavy atom. The van der Waals surface area contributed by atoms with E-state index in [4.69, 9.17) is 9.59 Å². The van der Waals surface area contributed by atoms with Gasteiger partial charge in [0.1, 0.15) is 0 Å². The van der Waals surface area contributed by atoms with Crippen LogP contribution < -0.4 is 0 Å². The van der Waals surface area contributed by atoms with Crippen molar-refractivity contribution >= 4 is 6.15 Å². The molecule has 0 atom stereocenters. The number of hydrogen-bond donors (Lipinski definition) is 0. The number of rotatable bonds is 0. The molecule has 0 aliphatic heterocycles. The summed E-state index contributed by atoms with van der Waals surface area (Å²) in [5.74, 6) is 0. The summed E-state index contributed by atoms with van der Waals surface area (Å²) >= 11 is 0. The van der Waals surface area contributed by atoms with E-state index in [1.54, 1.807) is 0 Å². The first-order chi connectivity index (χ1) is 3.15. The molecule has 0 saturated heterocycles. The molecule has 0 aliphatic rings. The largest absolute Gasteiger partial charge is 0.373 e. The van der Waals surface area contributed by atoms with E-state index in [1.807, 2.05) is 13.8 Å². The van der Waals surface area contributed by atoms with Gasteiger partial charge in [-0.1, -0.05) is 5.57 Å². The van der Waals surface area contributed by atoms with Crippen molar-refractivity contribution in [1.29, 1.82) is 0 Å². The van der Waals surface area contributed by atoms with Crippen LogP contribution in [0.2, 0.25) is 0 Å². The lowest BCUT2D eigenvalue weighted by molar-refractivity contribution is -0.191. The van der Waals surface area contributed by atoms with Crippen molar-refractivity contribution in [3.05, 3.63) is 12.2 Å². The molecule has 0 spiro atoms. The third-order valence-electron chi connectivity index (χ3n) is 0. The maximum atomic E-state index is 8.12. The molecule has 0 N–H and O–H groups in total. The van der Waals surface area contributed by atoms with Crippen LogP contribution in [0.15, 0.2) is 12.2 Å². The first kappa shape index (κ1) is 9.45. The minimum atomic E-state index is 0. The van der Waals surface area contributed by atoms with Crippen molar-refractivity contribution in [3.63, 3.8) is 0 Å². The highest BCUT2D eigenvalue weighted by atomic mass is 16.2. The molecule has 2 nitrogen and oxygen atoms in total. The van der Waals surface area contributed by atoms with Crippen LogP contribution in [0.4, 0.5) is 0 Å². The topological polar surface area (TPSA) is 34.1 Å². The summed E-state index contributed by atoms with van der Waals surface area (Å²) in [6.07, 6.45) is 0.250. The number of hydrogen-bond acceptors (Lipinski definition) is 2. The summed E-state index contributed by atoms with van der Waals surface area (Å²) in [6.45, 7) is 7.50. The summed E-state index contributed by atoms with van der Waals surface area (Å²) < 4.78 is 0. The smallest absolute Gasteiger partial charge is 0.186 e. The third-order valence-corrected chi connectivity index (χ3v) is 0. The van der Waals surface area contributed by atoms with E-state index in [0.717, 1.165) is 0 Å². The Bertz CT molecular complexity index is 78.4. The second-order valence-corrected chi connectivity index (χ2v) is 1.29. The molecule has 0 saturated carbocycles. The standard InChI is InChI=1S/C4H8.CO2.H2/c1-4(2)3;2-1-3;/h1H2,2-3H3;;1H/i;;1+1. The van der Waals surface area contributed by atoms with Gasteiger partial charge >= 0.3 is 6.15 Å². The maximum Gasteiger partial charge on any atom is 0.373 e. The Labute approximate surface area is 44.3 Å². The van der Waals surface area contributed by atoms with Gasteiger partial charge in [-0.2, -0.15) is 9.59 Å². The zero-order valence-electron chi connectivity index (χ0n) is 4.52. The average molecular weight is 103 g/mol. The minimum absolute atomic E-state index is 0. The molecule has 0 amide bonds. The molecule has 42 valence electrons. The van der Waals surface area contributed by atoms with E-state index in [1.165, 1.54) is 5.57 Å². The van der Waals surface area contributed by atoms with E-state index in [2.05, 4.69) is 6.58 Å². The molecule has 0 aromatic heterocycles. The lowest BCUT2D eigenvalue weighted by Gasteiger charge is -1.65. The van der Waals surface area contributed by atoms with Gasteiger partial charge in [-0.05, 0) is 13.8 Å². The summed E-state index contributed by atoms with van der Waals surface area (Å²) in [6, 6.07) is 0. The fourth-order valence-corrected chi connectivity index (χ4v) is 0. The highest BCUT2D eigenvalue weighted by molar-refractivity contribution is 5.20. The van der Waals surface area contributed by atoms with Gasteiger partial charge in [0.15, 0.2) is 0 Å². The van der Waals surface area contributed by atoms with Crippen molar-refractivity contribution in [1.82, 2.24) is 0 Å². The van der Waals surface area contributed by atoms with Gasteiger partial charge in [0.25, 0.3) is 0 Å². The van der Waals surface area contributed by atoms with Crippen LogP contribution in [0.1, 0.15) is 15.3 Å². The lowest BCUT2D eigenvalue weighted by atomic mass is 10.4. The highest BCUT2D eigenvalue weighted by Gasteiger charge is 1.51. The van der Waals surface area contributed by atoms with Crippen LogP contribution in [0.3, 0.4) is 0 Å². The second-order valence-electron chi connectivity index (χ2n) is 1.29. The van der Waals surface area contributed by atoms with Crippen molar-refractivity contribution in [2.24, 2.45) is 0 Å². The Morgan fingerprint density at radius 3 is 1.57 bits per heavy atom. The Hall–Kier alpha value is -0.880. The molecule has 0 aromatic rings. The van der Waals surface area contributed by atoms with E-state index >= 15 is 0 Å². The maximum absolute atomic E-state index is 8.12. The Morgan fingerprint density at radius 1 is 1.57 bits per heavy atom. The number of carbonyl (C=O) groups excluding carboxylic acids is 2. The van der Waals surface area contributed by atoms with Crippen LogP contribution in [-0.2, 0) is 9.59 Å². The molecule has 0 aromatic carbocycles. The predicted octanol–water partition coefficient (Wildman–Crippen LogP) is 1.24. The number of allylic oxidation sites excluding steroid dienone is 1. The molecular formula is C5H10O2. The molecule has 0 unspecified atom stereocenters. The van der Waals surface area contributed by atoms with Gasteiger partial charge in [0.05, 0.1) is 0 Å². The Kier molecular flexibility index (Phi) is 12.1. The molecule has 0 rings (SSSR count). The normalized spacial score (nSPS) is 4.86. The van der Waals surface area contributed by atoms with E-state index in [0.29, 0.717) is 0 Å². The molecular weight excluding hydrogens is 92.1 g/mol. The van der Waals surface area contributed by atoms with Gasteiger partial charge in [0, 0.05) is 1.43 Å². The highest BCUT2D eigenvalue weighted by Crippen LogP contribution is 1.73. The summed E-state index contributed by atoms with van der Waals surface area (Å²) in [5.41, 5.74) is 1.17. The van der Waals surface area contributed by atoms with Gasteiger partial charge < -0.3 is 0 Å². The van der Waals surface area contributed by atoms with Gasteiger partial charge in [0.2, 0.25) is 0 Å². The van der Waals surface area contributed by atoms with E-state index < -0.39 is 0 Å². The third kappa shape index (κ3) is 64.4. The summed E-state index contributed by atoms with van der Waals surface area (Å²) in [7, 11) is 0. The molecule has 0 heterocycles.